The molecule has 0 aliphatic carbocycles. The van der Waals surface area contributed by atoms with Crippen LogP contribution in [0.5, 0.6) is 0 Å². The second-order valence-electron chi connectivity index (χ2n) is 7.15. The smallest absolute Gasteiger partial charge is 0.442 e. The monoisotopic (exact) mass is 445 g/mol. The van der Waals surface area contributed by atoms with Crippen LogP contribution in [-0.4, -0.2) is 35.3 Å². The number of hydrogen-bond acceptors (Lipinski definition) is 6. The standard InChI is InChI=1S/C20H26F3N3O3S/c1-5-7-8-16(27)25-19(20(21,22)23,17(28)29-6-2)26-18-24-14-10-9-13(12(3)4)11-15(14)30-18/h9-12H,5-8H2,1-4H3,(H,24,26)(H,25,27). The lowest BCUT2D eigenvalue weighted by Gasteiger charge is -2.34. The van der Waals surface area contributed by atoms with E-state index < -0.39 is 23.7 Å². The van der Waals surface area contributed by atoms with Gasteiger partial charge in [-0.2, -0.15) is 13.2 Å². The summed E-state index contributed by atoms with van der Waals surface area (Å²) in [6, 6.07) is 5.42. The molecule has 30 heavy (non-hydrogen) atoms. The fourth-order valence-electron chi connectivity index (χ4n) is 2.75. The molecule has 10 heteroatoms. The molecule has 1 amide bonds. The van der Waals surface area contributed by atoms with E-state index in [0.717, 1.165) is 16.9 Å². The normalized spacial score (nSPS) is 13.9. The number of anilines is 1. The summed E-state index contributed by atoms with van der Waals surface area (Å²) in [7, 11) is 0. The van der Waals surface area contributed by atoms with Crippen molar-refractivity contribution in [1.82, 2.24) is 10.3 Å². The summed E-state index contributed by atoms with van der Waals surface area (Å²) < 4.78 is 47.8. The predicted octanol–water partition coefficient (Wildman–Crippen LogP) is 4.96. The number of carbonyl (C=O) groups excluding carboxylic acids is 2. The number of rotatable bonds is 9. The first-order valence-corrected chi connectivity index (χ1v) is 10.6. The molecule has 0 spiro atoms. The molecule has 2 aromatic rings. The van der Waals surface area contributed by atoms with E-state index in [2.05, 4.69) is 15.0 Å². The van der Waals surface area contributed by atoms with Gasteiger partial charge in [0.15, 0.2) is 5.13 Å². The summed E-state index contributed by atoms with van der Waals surface area (Å²) in [4.78, 5) is 28.8. The van der Waals surface area contributed by atoms with Crippen LogP contribution in [0.1, 0.15) is 58.4 Å². The molecule has 1 atom stereocenters. The van der Waals surface area contributed by atoms with Crippen LogP contribution in [0.3, 0.4) is 0 Å². The first-order valence-electron chi connectivity index (χ1n) is 9.77. The number of fused-ring (bicyclic) bond motifs is 1. The highest BCUT2D eigenvalue weighted by atomic mass is 32.1. The van der Waals surface area contributed by atoms with Gasteiger partial charge in [-0.1, -0.05) is 44.6 Å². The van der Waals surface area contributed by atoms with Crippen molar-refractivity contribution in [3.63, 3.8) is 0 Å². The summed E-state index contributed by atoms with van der Waals surface area (Å²) >= 11 is 0.971. The minimum atomic E-state index is -5.16. The van der Waals surface area contributed by atoms with Crippen LogP contribution in [0.15, 0.2) is 18.2 Å². The molecule has 2 N–H and O–H groups in total. The number of halogens is 3. The second-order valence-corrected chi connectivity index (χ2v) is 8.18. The Morgan fingerprint density at radius 3 is 2.50 bits per heavy atom. The van der Waals surface area contributed by atoms with Crippen LogP contribution < -0.4 is 10.6 Å². The Hall–Kier alpha value is -2.36. The number of aromatic nitrogens is 1. The van der Waals surface area contributed by atoms with Crippen LogP contribution in [0, 0.1) is 0 Å². The quantitative estimate of drug-likeness (QED) is 0.421. The average Bonchev–Trinajstić information content (AvgIpc) is 3.06. The number of thiazole rings is 1. The maximum Gasteiger partial charge on any atom is 0.442 e. The number of hydrogen-bond donors (Lipinski definition) is 2. The fraction of sp³-hybridized carbons (Fsp3) is 0.550. The SMILES string of the molecule is CCCCC(=O)NC(Nc1nc2ccc(C(C)C)cc2s1)(C(=O)OCC)C(F)(F)F. The van der Waals surface area contributed by atoms with Crippen molar-refractivity contribution in [3.8, 4) is 0 Å². The maximum atomic E-state index is 14.1. The van der Waals surface area contributed by atoms with Gasteiger partial charge in [-0.05, 0) is 37.0 Å². The van der Waals surface area contributed by atoms with E-state index in [1.165, 1.54) is 6.92 Å². The molecule has 0 bridgehead atoms. The van der Waals surface area contributed by atoms with Gasteiger partial charge in [0.2, 0.25) is 5.91 Å². The second kappa shape index (κ2) is 9.63. The number of amides is 1. The Kier molecular flexibility index (Phi) is 7.68. The number of unbranched alkanes of at least 4 members (excludes halogenated alkanes) is 1. The molecular weight excluding hydrogens is 419 g/mol. The van der Waals surface area contributed by atoms with Gasteiger partial charge < -0.3 is 15.4 Å². The number of esters is 1. The first-order chi connectivity index (χ1) is 14.0. The first kappa shape index (κ1) is 23.9. The summed E-state index contributed by atoms with van der Waals surface area (Å²) in [6.45, 7) is 6.93. The summed E-state index contributed by atoms with van der Waals surface area (Å²) in [5.74, 6) is -2.30. The van der Waals surface area contributed by atoms with Crippen molar-refractivity contribution in [3.05, 3.63) is 23.8 Å². The van der Waals surface area contributed by atoms with Crippen LogP contribution >= 0.6 is 11.3 Å². The number of ether oxygens (including phenoxy) is 1. The van der Waals surface area contributed by atoms with E-state index in [1.54, 1.807) is 13.0 Å². The molecule has 1 aromatic carbocycles. The van der Waals surface area contributed by atoms with Gasteiger partial charge in [0.1, 0.15) is 0 Å². The Labute approximate surface area is 177 Å². The van der Waals surface area contributed by atoms with Gasteiger partial charge in [-0.15, -0.1) is 0 Å². The molecule has 0 aliphatic heterocycles. The molecule has 0 fully saturated rings. The number of alkyl halides is 3. The lowest BCUT2D eigenvalue weighted by Crippen LogP contribution is -2.69. The molecular formula is C20H26F3N3O3S. The van der Waals surface area contributed by atoms with Crippen molar-refractivity contribution in [1.29, 1.82) is 0 Å². The summed E-state index contributed by atoms with van der Waals surface area (Å²) in [5.41, 5.74) is -1.93. The lowest BCUT2D eigenvalue weighted by atomic mass is 10.0. The van der Waals surface area contributed by atoms with Crippen molar-refractivity contribution in [2.75, 3.05) is 11.9 Å². The predicted molar refractivity (Wildman–Crippen MR) is 110 cm³/mol. The third-order valence-corrected chi connectivity index (χ3v) is 5.40. The number of nitrogens with one attached hydrogen (secondary N) is 2. The Bertz CT molecular complexity index is 898. The van der Waals surface area contributed by atoms with E-state index in [0.29, 0.717) is 23.1 Å². The Morgan fingerprint density at radius 2 is 1.93 bits per heavy atom. The van der Waals surface area contributed by atoms with Gasteiger partial charge in [-0.3, -0.25) is 4.79 Å². The molecule has 1 unspecified atom stereocenters. The molecule has 0 aliphatic rings. The highest BCUT2D eigenvalue weighted by molar-refractivity contribution is 7.22. The minimum absolute atomic E-state index is 0.146. The van der Waals surface area contributed by atoms with Gasteiger partial charge >= 0.3 is 17.8 Å². The zero-order chi connectivity index (χ0) is 22.5. The van der Waals surface area contributed by atoms with Crippen LogP contribution in [0.4, 0.5) is 18.3 Å². The van der Waals surface area contributed by atoms with Crippen LogP contribution in [0.2, 0.25) is 0 Å². The third-order valence-electron chi connectivity index (χ3n) is 4.46. The molecule has 1 heterocycles. The number of carbonyl (C=O) groups is 2. The minimum Gasteiger partial charge on any atom is -0.463 e. The van der Waals surface area contributed by atoms with Crippen molar-refractivity contribution < 1.29 is 27.5 Å². The maximum absolute atomic E-state index is 14.1. The van der Waals surface area contributed by atoms with Gasteiger partial charge in [0, 0.05) is 6.42 Å². The zero-order valence-electron chi connectivity index (χ0n) is 17.4. The molecule has 0 saturated heterocycles. The van der Waals surface area contributed by atoms with E-state index in [-0.39, 0.29) is 24.1 Å². The Morgan fingerprint density at radius 1 is 1.23 bits per heavy atom. The molecule has 0 radical (unpaired) electrons. The zero-order valence-corrected chi connectivity index (χ0v) is 18.2. The van der Waals surface area contributed by atoms with Crippen molar-refractivity contribution in [2.45, 2.75) is 64.7 Å². The fourth-order valence-corrected chi connectivity index (χ4v) is 3.72. The Balaban J connectivity index is 2.48. The van der Waals surface area contributed by atoms with Gasteiger partial charge in [0.25, 0.3) is 0 Å². The largest absolute Gasteiger partial charge is 0.463 e. The number of benzene rings is 1. The topological polar surface area (TPSA) is 80.3 Å². The van der Waals surface area contributed by atoms with E-state index in [9.17, 15) is 22.8 Å². The summed E-state index contributed by atoms with van der Waals surface area (Å²) in [5, 5.41) is 3.82. The molecule has 1 aromatic heterocycles. The van der Waals surface area contributed by atoms with Crippen molar-refractivity contribution in [2.24, 2.45) is 0 Å². The van der Waals surface area contributed by atoms with E-state index in [1.807, 2.05) is 31.3 Å². The summed E-state index contributed by atoms with van der Waals surface area (Å²) in [6.07, 6.45) is -4.30. The van der Waals surface area contributed by atoms with Gasteiger partial charge in [-0.25, -0.2) is 9.78 Å². The highest BCUT2D eigenvalue weighted by Gasteiger charge is 2.64. The molecule has 2 rings (SSSR count). The van der Waals surface area contributed by atoms with E-state index >= 15 is 0 Å². The van der Waals surface area contributed by atoms with Crippen LogP contribution in [-0.2, 0) is 14.3 Å². The van der Waals surface area contributed by atoms with Crippen LogP contribution in [0.25, 0.3) is 10.2 Å². The van der Waals surface area contributed by atoms with E-state index in [4.69, 9.17) is 0 Å². The third kappa shape index (κ3) is 5.21. The van der Waals surface area contributed by atoms with Gasteiger partial charge in [0.05, 0.1) is 16.8 Å². The molecule has 0 saturated carbocycles. The van der Waals surface area contributed by atoms with Crippen molar-refractivity contribution >= 4 is 38.6 Å². The average molecular weight is 446 g/mol. The molecule has 6 nitrogen and oxygen atoms in total. The molecule has 166 valence electrons. The highest BCUT2D eigenvalue weighted by Crippen LogP contribution is 2.36. The lowest BCUT2D eigenvalue weighted by molar-refractivity contribution is -0.207. The number of nitrogens with zero attached hydrogens (tertiary/aromatic N) is 1.